The second-order valence-electron chi connectivity index (χ2n) is 5.06. The average molecular weight is 306 g/mol. The summed E-state index contributed by atoms with van der Waals surface area (Å²) in [6.45, 7) is 0. The number of fused-ring (bicyclic) bond motifs is 2. The Labute approximate surface area is 132 Å². The van der Waals surface area contributed by atoms with Gasteiger partial charge >= 0.3 is 0 Å². The van der Waals surface area contributed by atoms with Crippen LogP contribution in [0, 0.1) is 0 Å². The van der Waals surface area contributed by atoms with Crippen molar-refractivity contribution in [1.29, 1.82) is 0 Å². The standard InChI is InChI=1S/C18H12ClN3/c19-13-5-6-15-17(7-8-20-18(15)10-13)22-14-9-12-3-1-2-4-16(12)21-11-14/h1-11H,(H,20,22). The topological polar surface area (TPSA) is 37.8 Å². The van der Waals surface area contributed by atoms with Gasteiger partial charge in [0.05, 0.1) is 22.9 Å². The Morgan fingerprint density at radius 1 is 0.864 bits per heavy atom. The van der Waals surface area contributed by atoms with E-state index in [0.717, 1.165) is 33.2 Å². The number of nitrogens with zero attached hydrogens (tertiary/aromatic N) is 2. The fraction of sp³-hybridized carbons (Fsp3) is 0. The van der Waals surface area contributed by atoms with Crippen molar-refractivity contribution in [3.8, 4) is 0 Å². The summed E-state index contributed by atoms with van der Waals surface area (Å²) in [5, 5.41) is 6.23. The number of nitrogens with one attached hydrogen (secondary N) is 1. The maximum Gasteiger partial charge on any atom is 0.0737 e. The van der Waals surface area contributed by atoms with E-state index in [-0.39, 0.29) is 0 Å². The zero-order valence-electron chi connectivity index (χ0n) is 11.6. The van der Waals surface area contributed by atoms with Crippen molar-refractivity contribution in [2.75, 3.05) is 5.32 Å². The number of benzene rings is 2. The summed E-state index contributed by atoms with van der Waals surface area (Å²) in [5.41, 5.74) is 3.78. The van der Waals surface area contributed by atoms with Crippen LogP contribution < -0.4 is 5.32 Å². The van der Waals surface area contributed by atoms with Gasteiger partial charge in [0.2, 0.25) is 0 Å². The lowest BCUT2D eigenvalue weighted by Gasteiger charge is -2.10. The normalized spacial score (nSPS) is 11.0. The van der Waals surface area contributed by atoms with Crippen molar-refractivity contribution in [2.24, 2.45) is 0 Å². The first kappa shape index (κ1) is 13.0. The van der Waals surface area contributed by atoms with E-state index in [0.29, 0.717) is 5.02 Å². The molecule has 0 aliphatic rings. The molecule has 2 aromatic carbocycles. The Morgan fingerprint density at radius 3 is 2.73 bits per heavy atom. The number of pyridine rings is 2. The highest BCUT2D eigenvalue weighted by Gasteiger charge is 2.04. The van der Waals surface area contributed by atoms with Gasteiger partial charge in [-0.05, 0) is 36.4 Å². The lowest BCUT2D eigenvalue weighted by Crippen LogP contribution is -1.93. The molecule has 0 bridgehead atoms. The molecular weight excluding hydrogens is 294 g/mol. The molecule has 106 valence electrons. The highest BCUT2D eigenvalue weighted by molar-refractivity contribution is 6.31. The lowest BCUT2D eigenvalue weighted by molar-refractivity contribution is 1.38. The SMILES string of the molecule is Clc1ccc2c(Nc3cnc4ccccc4c3)ccnc2c1. The number of hydrogen-bond acceptors (Lipinski definition) is 3. The zero-order chi connectivity index (χ0) is 14.9. The van der Waals surface area contributed by atoms with Crippen LogP contribution in [-0.2, 0) is 0 Å². The van der Waals surface area contributed by atoms with E-state index < -0.39 is 0 Å². The summed E-state index contributed by atoms with van der Waals surface area (Å²) >= 11 is 6.03. The third-order valence-corrected chi connectivity index (χ3v) is 3.81. The highest BCUT2D eigenvalue weighted by Crippen LogP contribution is 2.27. The Hall–Kier alpha value is -2.65. The van der Waals surface area contributed by atoms with Gasteiger partial charge in [0.15, 0.2) is 0 Å². The first-order valence-electron chi connectivity index (χ1n) is 6.96. The summed E-state index contributed by atoms with van der Waals surface area (Å²) in [5.74, 6) is 0. The van der Waals surface area contributed by atoms with E-state index in [2.05, 4.69) is 27.4 Å². The van der Waals surface area contributed by atoms with Crippen molar-refractivity contribution in [1.82, 2.24) is 9.97 Å². The van der Waals surface area contributed by atoms with Gasteiger partial charge in [-0.15, -0.1) is 0 Å². The Bertz CT molecular complexity index is 982. The van der Waals surface area contributed by atoms with Crippen LogP contribution in [0.4, 0.5) is 11.4 Å². The van der Waals surface area contributed by atoms with Gasteiger partial charge in [-0.1, -0.05) is 29.8 Å². The predicted octanol–water partition coefficient (Wildman–Crippen LogP) is 5.18. The van der Waals surface area contributed by atoms with Crippen LogP contribution in [-0.4, -0.2) is 9.97 Å². The van der Waals surface area contributed by atoms with Crippen molar-refractivity contribution < 1.29 is 0 Å². The third-order valence-electron chi connectivity index (χ3n) is 3.57. The number of anilines is 2. The summed E-state index contributed by atoms with van der Waals surface area (Å²) in [7, 11) is 0. The van der Waals surface area contributed by atoms with Crippen LogP contribution in [0.1, 0.15) is 0 Å². The second-order valence-corrected chi connectivity index (χ2v) is 5.50. The molecule has 0 saturated heterocycles. The second kappa shape index (κ2) is 5.28. The minimum atomic E-state index is 0.685. The van der Waals surface area contributed by atoms with Gasteiger partial charge in [0.25, 0.3) is 0 Å². The largest absolute Gasteiger partial charge is 0.354 e. The summed E-state index contributed by atoms with van der Waals surface area (Å²) in [6, 6.07) is 17.8. The molecule has 0 fully saturated rings. The van der Waals surface area contributed by atoms with E-state index in [1.54, 1.807) is 6.20 Å². The van der Waals surface area contributed by atoms with Crippen LogP contribution in [0.2, 0.25) is 5.02 Å². The Balaban J connectivity index is 1.78. The Morgan fingerprint density at radius 2 is 1.77 bits per heavy atom. The van der Waals surface area contributed by atoms with Crippen molar-refractivity contribution in [2.45, 2.75) is 0 Å². The van der Waals surface area contributed by atoms with Gasteiger partial charge in [0.1, 0.15) is 0 Å². The van der Waals surface area contributed by atoms with Crippen LogP contribution in [0.15, 0.2) is 67.0 Å². The molecule has 3 nitrogen and oxygen atoms in total. The lowest BCUT2D eigenvalue weighted by atomic mass is 10.1. The van der Waals surface area contributed by atoms with Gasteiger partial charge in [-0.25, -0.2) is 0 Å². The van der Waals surface area contributed by atoms with Crippen LogP contribution >= 0.6 is 11.6 Å². The molecule has 2 aromatic heterocycles. The maximum atomic E-state index is 6.03. The number of halogens is 1. The number of para-hydroxylation sites is 1. The Kier molecular flexibility index (Phi) is 3.13. The molecule has 0 saturated carbocycles. The van der Waals surface area contributed by atoms with Gasteiger partial charge in [0, 0.05) is 27.7 Å². The first-order valence-corrected chi connectivity index (χ1v) is 7.33. The number of rotatable bonds is 2. The quantitative estimate of drug-likeness (QED) is 0.554. The minimum absolute atomic E-state index is 0.685. The molecule has 2 heterocycles. The number of hydrogen-bond donors (Lipinski definition) is 1. The summed E-state index contributed by atoms with van der Waals surface area (Å²) in [6.07, 6.45) is 3.61. The molecule has 4 aromatic rings. The third kappa shape index (κ3) is 2.36. The molecular formula is C18H12ClN3. The van der Waals surface area contributed by atoms with E-state index in [9.17, 15) is 0 Å². The molecule has 0 radical (unpaired) electrons. The van der Waals surface area contributed by atoms with Crippen molar-refractivity contribution in [3.05, 3.63) is 72.0 Å². The van der Waals surface area contributed by atoms with E-state index >= 15 is 0 Å². The monoisotopic (exact) mass is 305 g/mol. The molecule has 4 rings (SSSR count). The van der Waals surface area contributed by atoms with Crippen LogP contribution in [0.25, 0.3) is 21.8 Å². The highest BCUT2D eigenvalue weighted by atomic mass is 35.5. The zero-order valence-corrected chi connectivity index (χ0v) is 12.4. The molecule has 22 heavy (non-hydrogen) atoms. The van der Waals surface area contributed by atoms with Gasteiger partial charge in [-0.2, -0.15) is 0 Å². The molecule has 0 amide bonds. The fourth-order valence-electron chi connectivity index (χ4n) is 2.53. The fourth-order valence-corrected chi connectivity index (χ4v) is 2.69. The maximum absolute atomic E-state index is 6.03. The van der Waals surface area contributed by atoms with E-state index in [4.69, 9.17) is 11.6 Å². The van der Waals surface area contributed by atoms with Crippen LogP contribution in [0.5, 0.6) is 0 Å². The van der Waals surface area contributed by atoms with E-state index in [1.807, 2.05) is 48.7 Å². The van der Waals surface area contributed by atoms with Crippen molar-refractivity contribution >= 4 is 44.8 Å². The first-order chi connectivity index (χ1) is 10.8. The summed E-state index contributed by atoms with van der Waals surface area (Å²) < 4.78 is 0. The van der Waals surface area contributed by atoms with E-state index in [1.165, 1.54) is 0 Å². The average Bonchev–Trinajstić information content (AvgIpc) is 2.55. The van der Waals surface area contributed by atoms with Crippen LogP contribution in [0.3, 0.4) is 0 Å². The molecule has 0 aliphatic heterocycles. The smallest absolute Gasteiger partial charge is 0.0737 e. The summed E-state index contributed by atoms with van der Waals surface area (Å²) in [4.78, 5) is 8.83. The molecule has 0 aliphatic carbocycles. The minimum Gasteiger partial charge on any atom is -0.354 e. The van der Waals surface area contributed by atoms with Crippen molar-refractivity contribution in [3.63, 3.8) is 0 Å². The molecule has 0 unspecified atom stereocenters. The van der Waals surface area contributed by atoms with Gasteiger partial charge in [-0.3, -0.25) is 9.97 Å². The molecule has 0 spiro atoms. The molecule has 4 heteroatoms. The molecule has 0 atom stereocenters. The number of aromatic nitrogens is 2. The van der Waals surface area contributed by atoms with Gasteiger partial charge < -0.3 is 5.32 Å². The molecule has 1 N–H and O–H groups in total. The predicted molar refractivity (Wildman–Crippen MR) is 91.8 cm³/mol.